The van der Waals surface area contributed by atoms with Crippen LogP contribution in [-0.2, 0) is 6.54 Å². The molecule has 0 aliphatic carbocycles. The Kier molecular flexibility index (Phi) is 2.77. The van der Waals surface area contributed by atoms with Crippen LogP contribution in [0.2, 0.25) is 0 Å². The molecule has 0 spiro atoms. The van der Waals surface area contributed by atoms with Gasteiger partial charge in [-0.25, -0.2) is 0 Å². The molecule has 2 N–H and O–H groups in total. The van der Waals surface area contributed by atoms with E-state index >= 15 is 0 Å². The molecule has 0 aliphatic heterocycles. The summed E-state index contributed by atoms with van der Waals surface area (Å²) in [6, 6.07) is 7.90. The van der Waals surface area contributed by atoms with Gasteiger partial charge in [0.15, 0.2) is 5.82 Å². The number of fused-ring (bicyclic) bond motifs is 1. The summed E-state index contributed by atoms with van der Waals surface area (Å²) in [5.41, 5.74) is 0.847. The van der Waals surface area contributed by atoms with Gasteiger partial charge in [-0.1, -0.05) is 35.6 Å². The summed E-state index contributed by atoms with van der Waals surface area (Å²) in [5, 5.41) is 15.1. The van der Waals surface area contributed by atoms with E-state index in [2.05, 4.69) is 20.5 Å². The lowest BCUT2D eigenvalue weighted by molar-refractivity contribution is 0.995. The molecule has 1 aromatic carbocycles. The molecule has 0 saturated heterocycles. The zero-order valence-electron chi connectivity index (χ0n) is 9.38. The molecular formula is C12H10N4OS. The first-order valence-electron chi connectivity index (χ1n) is 5.44. The van der Waals surface area contributed by atoms with E-state index in [0.29, 0.717) is 6.54 Å². The van der Waals surface area contributed by atoms with E-state index in [4.69, 9.17) is 0 Å². The average molecular weight is 258 g/mol. The van der Waals surface area contributed by atoms with Gasteiger partial charge in [0.05, 0.1) is 12.7 Å². The van der Waals surface area contributed by atoms with Crippen LogP contribution in [0.5, 0.6) is 0 Å². The molecule has 0 radical (unpaired) electrons. The molecule has 3 aromatic rings. The van der Waals surface area contributed by atoms with Crippen molar-refractivity contribution in [1.29, 1.82) is 0 Å². The lowest BCUT2D eigenvalue weighted by Gasteiger charge is -2.06. The van der Waals surface area contributed by atoms with Crippen molar-refractivity contribution in [2.75, 3.05) is 5.32 Å². The average Bonchev–Trinajstić information content (AvgIpc) is 2.82. The van der Waals surface area contributed by atoms with Crippen molar-refractivity contribution >= 4 is 27.9 Å². The van der Waals surface area contributed by atoms with Crippen molar-refractivity contribution in [1.82, 2.24) is 15.2 Å². The number of hydrogen-bond donors (Lipinski definition) is 2. The SMILES string of the molecule is O=c1[nH]c(CNc2nncc3ccccc23)cs1. The maximum absolute atomic E-state index is 11.0. The molecule has 90 valence electrons. The molecule has 0 amide bonds. The van der Waals surface area contributed by atoms with E-state index in [9.17, 15) is 4.79 Å². The summed E-state index contributed by atoms with van der Waals surface area (Å²) in [7, 11) is 0. The summed E-state index contributed by atoms with van der Waals surface area (Å²) in [5.74, 6) is 0.722. The number of aromatic amines is 1. The minimum atomic E-state index is -0.0456. The molecule has 0 unspecified atom stereocenters. The topological polar surface area (TPSA) is 70.7 Å². The Hall–Kier alpha value is -2.21. The fourth-order valence-corrected chi connectivity index (χ4v) is 2.32. The number of benzene rings is 1. The first-order chi connectivity index (χ1) is 8.83. The summed E-state index contributed by atoms with van der Waals surface area (Å²) in [4.78, 5) is 13.7. The fourth-order valence-electron chi connectivity index (χ4n) is 1.74. The van der Waals surface area contributed by atoms with E-state index in [1.807, 2.05) is 24.3 Å². The predicted molar refractivity (Wildman–Crippen MR) is 71.8 cm³/mol. The van der Waals surface area contributed by atoms with Crippen molar-refractivity contribution in [2.45, 2.75) is 6.54 Å². The third kappa shape index (κ3) is 2.10. The van der Waals surface area contributed by atoms with Gasteiger partial charge in [0.25, 0.3) is 0 Å². The number of nitrogens with one attached hydrogen (secondary N) is 2. The third-order valence-corrected chi connectivity index (χ3v) is 3.31. The second-order valence-corrected chi connectivity index (χ2v) is 4.65. The van der Waals surface area contributed by atoms with Gasteiger partial charge >= 0.3 is 4.87 Å². The Bertz CT molecular complexity index is 729. The minimum Gasteiger partial charge on any atom is -0.362 e. The van der Waals surface area contributed by atoms with Crippen LogP contribution in [-0.4, -0.2) is 15.2 Å². The highest BCUT2D eigenvalue weighted by atomic mass is 32.1. The van der Waals surface area contributed by atoms with Crippen LogP contribution in [0.15, 0.2) is 40.6 Å². The standard InChI is InChI=1S/C12H10N4OS/c17-12-15-9(7-18-12)6-13-11-10-4-2-1-3-8(10)5-14-16-11/h1-5,7H,6H2,(H,13,16)(H,15,17). The second-order valence-electron chi connectivity index (χ2n) is 3.81. The zero-order chi connectivity index (χ0) is 12.4. The van der Waals surface area contributed by atoms with E-state index in [0.717, 1.165) is 33.6 Å². The lowest BCUT2D eigenvalue weighted by atomic mass is 10.2. The summed E-state index contributed by atoms with van der Waals surface area (Å²) >= 11 is 1.16. The smallest absolute Gasteiger partial charge is 0.304 e. The van der Waals surface area contributed by atoms with Crippen molar-refractivity contribution in [3.05, 3.63) is 51.2 Å². The summed E-state index contributed by atoms with van der Waals surface area (Å²) in [6.45, 7) is 0.529. The van der Waals surface area contributed by atoms with Crippen LogP contribution in [0.1, 0.15) is 5.69 Å². The van der Waals surface area contributed by atoms with Crippen LogP contribution in [0.4, 0.5) is 5.82 Å². The van der Waals surface area contributed by atoms with Gasteiger partial charge in [-0.2, -0.15) is 5.10 Å². The Morgan fingerprint density at radius 3 is 3.06 bits per heavy atom. The fraction of sp³-hybridized carbons (Fsp3) is 0.0833. The first kappa shape index (κ1) is 10.9. The van der Waals surface area contributed by atoms with Gasteiger partial charge in [-0.05, 0) is 0 Å². The van der Waals surface area contributed by atoms with Crippen LogP contribution >= 0.6 is 11.3 Å². The van der Waals surface area contributed by atoms with Gasteiger partial charge in [0, 0.05) is 21.8 Å². The molecule has 0 atom stereocenters. The normalized spacial score (nSPS) is 10.7. The monoisotopic (exact) mass is 258 g/mol. The number of hydrogen-bond acceptors (Lipinski definition) is 5. The van der Waals surface area contributed by atoms with Gasteiger partial charge in [-0.15, -0.1) is 5.10 Å². The van der Waals surface area contributed by atoms with E-state index in [1.165, 1.54) is 0 Å². The highest BCUT2D eigenvalue weighted by molar-refractivity contribution is 7.07. The highest BCUT2D eigenvalue weighted by Gasteiger charge is 2.03. The number of aromatic nitrogens is 3. The zero-order valence-corrected chi connectivity index (χ0v) is 10.2. The first-order valence-corrected chi connectivity index (χ1v) is 6.32. The van der Waals surface area contributed by atoms with Crippen LogP contribution in [0.3, 0.4) is 0 Å². The number of rotatable bonds is 3. The molecule has 3 rings (SSSR count). The Morgan fingerprint density at radius 2 is 2.22 bits per heavy atom. The summed E-state index contributed by atoms with van der Waals surface area (Å²) in [6.07, 6.45) is 1.73. The predicted octanol–water partition coefficient (Wildman–Crippen LogP) is 1.99. The number of H-pyrrole nitrogens is 1. The molecular weight excluding hydrogens is 248 g/mol. The van der Waals surface area contributed by atoms with Crippen molar-refractivity contribution in [2.24, 2.45) is 0 Å². The van der Waals surface area contributed by atoms with Gasteiger partial charge < -0.3 is 10.3 Å². The molecule has 2 heterocycles. The van der Waals surface area contributed by atoms with Crippen molar-refractivity contribution in [3.63, 3.8) is 0 Å². The minimum absolute atomic E-state index is 0.0456. The van der Waals surface area contributed by atoms with Crippen LogP contribution < -0.4 is 10.2 Å². The third-order valence-electron chi connectivity index (χ3n) is 2.59. The van der Waals surface area contributed by atoms with Crippen molar-refractivity contribution in [3.8, 4) is 0 Å². The number of anilines is 1. The molecule has 5 nitrogen and oxygen atoms in total. The Morgan fingerprint density at radius 1 is 1.33 bits per heavy atom. The van der Waals surface area contributed by atoms with E-state index < -0.39 is 0 Å². The van der Waals surface area contributed by atoms with Gasteiger partial charge in [0.1, 0.15) is 0 Å². The largest absolute Gasteiger partial charge is 0.362 e. The van der Waals surface area contributed by atoms with Crippen molar-refractivity contribution < 1.29 is 0 Å². The van der Waals surface area contributed by atoms with Gasteiger partial charge in [0.2, 0.25) is 0 Å². The molecule has 18 heavy (non-hydrogen) atoms. The molecule has 2 aromatic heterocycles. The quantitative estimate of drug-likeness (QED) is 0.753. The van der Waals surface area contributed by atoms with Crippen LogP contribution in [0, 0.1) is 0 Å². The number of thiazole rings is 1. The molecule has 0 fully saturated rings. The van der Waals surface area contributed by atoms with Gasteiger partial charge in [-0.3, -0.25) is 4.79 Å². The molecule has 0 saturated carbocycles. The van der Waals surface area contributed by atoms with E-state index in [1.54, 1.807) is 11.6 Å². The maximum atomic E-state index is 11.0. The second kappa shape index (κ2) is 4.58. The molecule has 6 heteroatoms. The summed E-state index contributed by atoms with van der Waals surface area (Å²) < 4.78 is 0. The molecule has 0 bridgehead atoms. The van der Waals surface area contributed by atoms with E-state index in [-0.39, 0.29) is 4.87 Å². The highest BCUT2D eigenvalue weighted by Crippen LogP contribution is 2.19. The maximum Gasteiger partial charge on any atom is 0.304 e. The molecule has 0 aliphatic rings. The number of nitrogens with zero attached hydrogens (tertiary/aromatic N) is 2. The lowest BCUT2D eigenvalue weighted by Crippen LogP contribution is -2.05. The Balaban J connectivity index is 1.88. The van der Waals surface area contributed by atoms with Crippen LogP contribution in [0.25, 0.3) is 10.8 Å². The Labute approximate surface area is 107 Å².